The molecule has 0 aromatic heterocycles. The van der Waals surface area contributed by atoms with Gasteiger partial charge in [0.25, 0.3) is 0 Å². The first-order valence-electron chi connectivity index (χ1n) is 7.70. The molecule has 2 rings (SSSR count). The van der Waals surface area contributed by atoms with Crippen molar-refractivity contribution in [1.29, 1.82) is 0 Å². The molecule has 1 saturated heterocycles. The number of nitrogens with zero attached hydrogens (tertiary/aromatic N) is 1. The molecule has 0 spiro atoms. The molecule has 1 aliphatic rings. The van der Waals surface area contributed by atoms with Crippen LogP contribution in [-0.2, 0) is 16.4 Å². The Hall–Kier alpha value is -0.910. The SMILES string of the molecule is CC(CCc1ccccc1)NC1CCN(S(C)(=O)=O)CC1. The second-order valence-corrected chi connectivity index (χ2v) is 8.01. The van der Waals surface area contributed by atoms with Gasteiger partial charge in [-0.15, -0.1) is 0 Å². The lowest BCUT2D eigenvalue weighted by molar-refractivity contribution is 0.274. The third-order valence-electron chi connectivity index (χ3n) is 4.15. The Morgan fingerprint density at radius 1 is 1.24 bits per heavy atom. The van der Waals surface area contributed by atoms with Gasteiger partial charge in [-0.2, -0.15) is 0 Å². The van der Waals surface area contributed by atoms with E-state index in [1.54, 1.807) is 4.31 Å². The van der Waals surface area contributed by atoms with E-state index < -0.39 is 10.0 Å². The molecule has 0 bridgehead atoms. The van der Waals surface area contributed by atoms with Crippen molar-refractivity contribution >= 4 is 10.0 Å². The summed E-state index contributed by atoms with van der Waals surface area (Å²) in [5.41, 5.74) is 1.37. The smallest absolute Gasteiger partial charge is 0.211 e. The molecular weight excluding hydrogens is 284 g/mol. The number of benzene rings is 1. The maximum absolute atomic E-state index is 11.5. The zero-order valence-electron chi connectivity index (χ0n) is 13.0. The van der Waals surface area contributed by atoms with Crippen molar-refractivity contribution in [3.05, 3.63) is 35.9 Å². The minimum absolute atomic E-state index is 0.439. The van der Waals surface area contributed by atoms with Crippen LogP contribution in [0.1, 0.15) is 31.7 Å². The molecule has 1 aliphatic heterocycles. The van der Waals surface area contributed by atoms with Gasteiger partial charge in [0.1, 0.15) is 0 Å². The fraction of sp³-hybridized carbons (Fsp3) is 0.625. The average Bonchev–Trinajstić information content (AvgIpc) is 2.46. The fourth-order valence-corrected chi connectivity index (χ4v) is 3.74. The Morgan fingerprint density at radius 3 is 2.43 bits per heavy atom. The van der Waals surface area contributed by atoms with Gasteiger partial charge in [0.2, 0.25) is 10.0 Å². The van der Waals surface area contributed by atoms with Crippen molar-refractivity contribution in [1.82, 2.24) is 9.62 Å². The normalized spacial score (nSPS) is 19.5. The summed E-state index contributed by atoms with van der Waals surface area (Å²) in [6, 6.07) is 11.4. The topological polar surface area (TPSA) is 49.4 Å². The third-order valence-corrected chi connectivity index (χ3v) is 5.46. The summed E-state index contributed by atoms with van der Waals surface area (Å²) in [6.07, 6.45) is 5.29. The Bertz CT molecular complexity index is 522. The first-order valence-corrected chi connectivity index (χ1v) is 9.55. The Balaban J connectivity index is 1.71. The van der Waals surface area contributed by atoms with Gasteiger partial charge in [-0.1, -0.05) is 30.3 Å². The van der Waals surface area contributed by atoms with Crippen LogP contribution >= 0.6 is 0 Å². The van der Waals surface area contributed by atoms with Gasteiger partial charge in [0, 0.05) is 25.2 Å². The van der Waals surface area contributed by atoms with E-state index >= 15 is 0 Å². The number of nitrogens with one attached hydrogen (secondary N) is 1. The minimum atomic E-state index is -3.02. The van der Waals surface area contributed by atoms with Crippen molar-refractivity contribution in [2.45, 2.75) is 44.7 Å². The quantitative estimate of drug-likeness (QED) is 0.874. The fourth-order valence-electron chi connectivity index (χ4n) is 2.87. The van der Waals surface area contributed by atoms with E-state index in [0.29, 0.717) is 25.2 Å². The average molecular weight is 310 g/mol. The lowest BCUT2D eigenvalue weighted by Crippen LogP contribution is -2.46. The molecule has 4 nitrogen and oxygen atoms in total. The van der Waals surface area contributed by atoms with Crippen LogP contribution in [0.3, 0.4) is 0 Å². The van der Waals surface area contributed by atoms with E-state index in [2.05, 4.69) is 36.5 Å². The predicted octanol–water partition coefficient (Wildman–Crippen LogP) is 2.02. The molecule has 1 unspecified atom stereocenters. The minimum Gasteiger partial charge on any atom is -0.311 e. The van der Waals surface area contributed by atoms with Crippen molar-refractivity contribution < 1.29 is 8.42 Å². The molecule has 0 amide bonds. The molecule has 0 aliphatic carbocycles. The summed E-state index contributed by atoms with van der Waals surface area (Å²) in [6.45, 7) is 3.50. The standard InChI is InChI=1S/C16H26N2O2S/c1-14(8-9-15-6-4-3-5-7-15)17-16-10-12-18(13-11-16)21(2,19)20/h3-7,14,16-17H,8-13H2,1-2H3. The zero-order valence-corrected chi connectivity index (χ0v) is 13.8. The molecule has 0 radical (unpaired) electrons. The molecule has 1 aromatic rings. The molecule has 1 aromatic carbocycles. The first-order chi connectivity index (χ1) is 9.95. The second kappa shape index (κ2) is 7.38. The van der Waals surface area contributed by atoms with Crippen LogP contribution in [0.15, 0.2) is 30.3 Å². The lowest BCUT2D eigenvalue weighted by Gasteiger charge is -2.32. The van der Waals surface area contributed by atoms with Crippen molar-refractivity contribution in [3.8, 4) is 0 Å². The van der Waals surface area contributed by atoms with Crippen LogP contribution in [0.4, 0.5) is 0 Å². The summed E-state index contributed by atoms with van der Waals surface area (Å²) in [7, 11) is -3.02. The Morgan fingerprint density at radius 2 is 1.86 bits per heavy atom. The van der Waals surface area contributed by atoms with Gasteiger partial charge in [-0.3, -0.25) is 0 Å². The Kier molecular flexibility index (Phi) is 5.79. The van der Waals surface area contributed by atoms with E-state index in [-0.39, 0.29) is 0 Å². The molecule has 0 saturated carbocycles. The molecule has 21 heavy (non-hydrogen) atoms. The van der Waals surface area contributed by atoms with E-state index in [9.17, 15) is 8.42 Å². The van der Waals surface area contributed by atoms with Crippen LogP contribution in [0.5, 0.6) is 0 Å². The summed E-state index contributed by atoms with van der Waals surface area (Å²) in [5.74, 6) is 0. The molecule has 1 fully saturated rings. The highest BCUT2D eigenvalue weighted by Gasteiger charge is 2.25. The van der Waals surface area contributed by atoms with Crippen molar-refractivity contribution in [2.75, 3.05) is 19.3 Å². The number of hydrogen-bond donors (Lipinski definition) is 1. The van der Waals surface area contributed by atoms with E-state index in [1.807, 2.05) is 6.07 Å². The number of piperidine rings is 1. The number of hydrogen-bond acceptors (Lipinski definition) is 3. The molecular formula is C16H26N2O2S. The van der Waals surface area contributed by atoms with E-state index in [0.717, 1.165) is 25.7 Å². The van der Waals surface area contributed by atoms with E-state index in [4.69, 9.17) is 0 Å². The summed E-state index contributed by atoms with van der Waals surface area (Å²) >= 11 is 0. The monoisotopic (exact) mass is 310 g/mol. The van der Waals surface area contributed by atoms with Gasteiger partial charge in [-0.25, -0.2) is 12.7 Å². The number of rotatable bonds is 6. The maximum atomic E-state index is 11.5. The van der Waals surface area contributed by atoms with Gasteiger partial charge in [-0.05, 0) is 38.2 Å². The van der Waals surface area contributed by atoms with Crippen molar-refractivity contribution in [3.63, 3.8) is 0 Å². The highest BCUT2D eigenvalue weighted by Crippen LogP contribution is 2.14. The van der Waals surface area contributed by atoms with Gasteiger partial charge >= 0.3 is 0 Å². The molecule has 1 heterocycles. The largest absolute Gasteiger partial charge is 0.311 e. The molecule has 1 N–H and O–H groups in total. The van der Waals surface area contributed by atoms with Crippen LogP contribution in [0.2, 0.25) is 0 Å². The van der Waals surface area contributed by atoms with Gasteiger partial charge in [0.15, 0.2) is 0 Å². The highest BCUT2D eigenvalue weighted by molar-refractivity contribution is 7.88. The number of sulfonamides is 1. The molecule has 1 atom stereocenters. The van der Waals surface area contributed by atoms with E-state index in [1.165, 1.54) is 11.8 Å². The van der Waals surface area contributed by atoms with Crippen LogP contribution in [0, 0.1) is 0 Å². The van der Waals surface area contributed by atoms with Crippen molar-refractivity contribution in [2.24, 2.45) is 0 Å². The summed E-state index contributed by atoms with van der Waals surface area (Å²) < 4.78 is 24.5. The van der Waals surface area contributed by atoms with Gasteiger partial charge in [0.05, 0.1) is 6.26 Å². The predicted molar refractivity (Wildman–Crippen MR) is 86.8 cm³/mol. The second-order valence-electron chi connectivity index (χ2n) is 6.03. The van der Waals surface area contributed by atoms with Crippen LogP contribution in [-0.4, -0.2) is 44.2 Å². The third kappa shape index (κ3) is 5.41. The van der Waals surface area contributed by atoms with Crippen LogP contribution < -0.4 is 5.32 Å². The Labute approximate surface area is 128 Å². The molecule has 5 heteroatoms. The summed E-state index contributed by atoms with van der Waals surface area (Å²) in [4.78, 5) is 0. The lowest BCUT2D eigenvalue weighted by atomic mass is 10.0. The maximum Gasteiger partial charge on any atom is 0.211 e. The first kappa shape index (κ1) is 16.5. The summed E-state index contributed by atoms with van der Waals surface area (Å²) in [5, 5.41) is 3.64. The highest BCUT2D eigenvalue weighted by atomic mass is 32.2. The zero-order chi connectivity index (χ0) is 15.3. The molecule has 118 valence electrons. The van der Waals surface area contributed by atoms with Gasteiger partial charge < -0.3 is 5.32 Å². The van der Waals surface area contributed by atoms with Crippen LogP contribution in [0.25, 0.3) is 0 Å². The number of aryl methyl sites for hydroxylation is 1.